The highest BCUT2D eigenvalue weighted by molar-refractivity contribution is 5.75. The first-order valence-corrected chi connectivity index (χ1v) is 8.47. The molecule has 1 fully saturated rings. The number of carbonyl (C=O) groups is 1. The van der Waals surface area contributed by atoms with E-state index in [-0.39, 0.29) is 11.9 Å². The molecule has 128 valence electrons. The van der Waals surface area contributed by atoms with Gasteiger partial charge in [-0.2, -0.15) is 0 Å². The van der Waals surface area contributed by atoms with Crippen LogP contribution < -0.4 is 10.2 Å². The molecule has 1 aromatic rings. The molecule has 0 spiro atoms. The fourth-order valence-electron chi connectivity index (χ4n) is 2.87. The zero-order chi connectivity index (χ0) is 16.7. The molecular weight excluding hydrogens is 290 g/mol. The molecule has 1 aliphatic rings. The third-order valence-electron chi connectivity index (χ3n) is 4.25. The molecule has 0 bridgehead atoms. The van der Waals surface area contributed by atoms with E-state index >= 15 is 0 Å². The summed E-state index contributed by atoms with van der Waals surface area (Å²) in [6.07, 6.45) is 1.47. The molecule has 5 nitrogen and oxygen atoms in total. The highest BCUT2D eigenvalue weighted by atomic mass is 16.5. The zero-order valence-electron chi connectivity index (χ0n) is 14.5. The Morgan fingerprint density at radius 3 is 2.48 bits per heavy atom. The summed E-state index contributed by atoms with van der Waals surface area (Å²) in [5.41, 5.74) is 2.43. The van der Waals surface area contributed by atoms with Crippen LogP contribution in [-0.4, -0.2) is 57.8 Å². The van der Waals surface area contributed by atoms with Crippen molar-refractivity contribution in [3.8, 4) is 0 Å². The van der Waals surface area contributed by atoms with Gasteiger partial charge in [-0.05, 0) is 24.1 Å². The van der Waals surface area contributed by atoms with Crippen molar-refractivity contribution in [3.63, 3.8) is 0 Å². The SMILES string of the molecule is CCCC(=O)NCC(c1ccc(N(C)C)cc1)N1CCOCC1. The lowest BCUT2D eigenvalue weighted by Crippen LogP contribution is -2.43. The molecule has 1 amide bonds. The predicted octanol–water partition coefficient (Wildman–Crippen LogP) is 2.04. The fraction of sp³-hybridized carbons (Fsp3) is 0.611. The van der Waals surface area contributed by atoms with Gasteiger partial charge in [0.05, 0.1) is 19.3 Å². The molecule has 23 heavy (non-hydrogen) atoms. The lowest BCUT2D eigenvalue weighted by Gasteiger charge is -2.35. The molecule has 1 unspecified atom stereocenters. The molecular formula is C18H29N3O2. The summed E-state index contributed by atoms with van der Waals surface area (Å²) in [7, 11) is 4.08. The average molecular weight is 319 g/mol. The van der Waals surface area contributed by atoms with Gasteiger partial charge in [-0.3, -0.25) is 9.69 Å². The van der Waals surface area contributed by atoms with Gasteiger partial charge in [0.25, 0.3) is 0 Å². The van der Waals surface area contributed by atoms with Crippen LogP contribution in [0.1, 0.15) is 31.4 Å². The van der Waals surface area contributed by atoms with Crippen molar-refractivity contribution in [2.75, 3.05) is 51.8 Å². The second-order valence-electron chi connectivity index (χ2n) is 6.20. The lowest BCUT2D eigenvalue weighted by atomic mass is 10.0. The molecule has 0 aliphatic carbocycles. The number of anilines is 1. The van der Waals surface area contributed by atoms with Gasteiger partial charge in [0.1, 0.15) is 0 Å². The Hall–Kier alpha value is -1.59. The minimum absolute atomic E-state index is 0.135. The number of amides is 1. The number of rotatable bonds is 7. The summed E-state index contributed by atoms with van der Waals surface area (Å²) in [6, 6.07) is 8.81. The second kappa shape index (κ2) is 8.89. The van der Waals surface area contributed by atoms with E-state index < -0.39 is 0 Å². The van der Waals surface area contributed by atoms with Crippen LogP contribution >= 0.6 is 0 Å². The normalized spacial score (nSPS) is 16.8. The van der Waals surface area contributed by atoms with Gasteiger partial charge >= 0.3 is 0 Å². The summed E-state index contributed by atoms with van der Waals surface area (Å²) >= 11 is 0. The van der Waals surface area contributed by atoms with E-state index in [1.54, 1.807) is 0 Å². The van der Waals surface area contributed by atoms with Gasteiger partial charge in [-0.15, -0.1) is 0 Å². The number of nitrogens with zero attached hydrogens (tertiary/aromatic N) is 2. The largest absolute Gasteiger partial charge is 0.379 e. The predicted molar refractivity (Wildman–Crippen MR) is 93.8 cm³/mol. The van der Waals surface area contributed by atoms with Crippen LogP contribution in [0.15, 0.2) is 24.3 Å². The standard InChI is InChI=1S/C18H29N3O2/c1-4-5-18(22)19-14-17(21-10-12-23-13-11-21)15-6-8-16(9-7-15)20(2)3/h6-9,17H,4-5,10-14H2,1-3H3,(H,19,22). The molecule has 2 rings (SSSR count). The molecule has 1 aromatic carbocycles. The van der Waals surface area contributed by atoms with Crippen molar-refractivity contribution in [2.45, 2.75) is 25.8 Å². The van der Waals surface area contributed by atoms with Gasteiger partial charge < -0.3 is 15.0 Å². The average Bonchev–Trinajstić information content (AvgIpc) is 2.57. The maximum Gasteiger partial charge on any atom is 0.220 e. The summed E-state index contributed by atoms with van der Waals surface area (Å²) in [4.78, 5) is 16.3. The van der Waals surface area contributed by atoms with Crippen LogP contribution in [0.4, 0.5) is 5.69 Å². The number of carbonyl (C=O) groups excluding carboxylic acids is 1. The van der Waals surface area contributed by atoms with E-state index in [0.717, 1.165) is 32.7 Å². The van der Waals surface area contributed by atoms with Crippen LogP contribution in [0.25, 0.3) is 0 Å². The highest BCUT2D eigenvalue weighted by Gasteiger charge is 2.23. The van der Waals surface area contributed by atoms with E-state index in [1.165, 1.54) is 11.3 Å². The number of nitrogens with one attached hydrogen (secondary N) is 1. The van der Waals surface area contributed by atoms with Crippen LogP contribution in [0.2, 0.25) is 0 Å². The summed E-state index contributed by atoms with van der Waals surface area (Å²) in [5.74, 6) is 0.135. The smallest absolute Gasteiger partial charge is 0.220 e. The van der Waals surface area contributed by atoms with Crippen molar-refractivity contribution in [3.05, 3.63) is 29.8 Å². The molecule has 1 N–H and O–H groups in total. The second-order valence-corrected chi connectivity index (χ2v) is 6.20. The van der Waals surface area contributed by atoms with Crippen molar-refractivity contribution in [1.29, 1.82) is 0 Å². The Balaban J connectivity index is 2.09. The zero-order valence-corrected chi connectivity index (χ0v) is 14.5. The van der Waals surface area contributed by atoms with Crippen molar-refractivity contribution < 1.29 is 9.53 Å². The maximum absolute atomic E-state index is 11.8. The number of morpholine rings is 1. The van der Waals surface area contributed by atoms with Crippen LogP contribution in [-0.2, 0) is 9.53 Å². The van der Waals surface area contributed by atoms with Gasteiger partial charge in [-0.25, -0.2) is 0 Å². The summed E-state index contributed by atoms with van der Waals surface area (Å²) in [6.45, 7) is 6.01. The summed E-state index contributed by atoms with van der Waals surface area (Å²) in [5, 5.41) is 3.08. The minimum Gasteiger partial charge on any atom is -0.379 e. The molecule has 0 radical (unpaired) electrons. The Bertz CT molecular complexity index is 482. The third kappa shape index (κ3) is 5.22. The van der Waals surface area contributed by atoms with Gasteiger partial charge in [-0.1, -0.05) is 19.1 Å². The number of hydrogen-bond donors (Lipinski definition) is 1. The first-order valence-electron chi connectivity index (χ1n) is 8.47. The number of ether oxygens (including phenoxy) is 1. The molecule has 1 heterocycles. The molecule has 0 aromatic heterocycles. The number of benzene rings is 1. The Morgan fingerprint density at radius 1 is 1.26 bits per heavy atom. The minimum atomic E-state index is 0.135. The first kappa shape index (κ1) is 17.8. The van der Waals surface area contributed by atoms with Crippen LogP contribution in [0, 0.1) is 0 Å². The Labute approximate surface area is 139 Å². The Morgan fingerprint density at radius 2 is 1.91 bits per heavy atom. The van der Waals surface area contributed by atoms with Crippen LogP contribution in [0.5, 0.6) is 0 Å². The van der Waals surface area contributed by atoms with E-state index in [4.69, 9.17) is 4.74 Å². The number of hydrogen-bond acceptors (Lipinski definition) is 4. The van der Waals surface area contributed by atoms with Crippen molar-refractivity contribution in [2.24, 2.45) is 0 Å². The van der Waals surface area contributed by atoms with Crippen molar-refractivity contribution in [1.82, 2.24) is 10.2 Å². The van der Waals surface area contributed by atoms with E-state index in [9.17, 15) is 4.79 Å². The topological polar surface area (TPSA) is 44.8 Å². The van der Waals surface area contributed by atoms with E-state index in [2.05, 4.69) is 39.4 Å². The van der Waals surface area contributed by atoms with E-state index in [1.807, 2.05) is 21.0 Å². The van der Waals surface area contributed by atoms with Crippen LogP contribution in [0.3, 0.4) is 0 Å². The quantitative estimate of drug-likeness (QED) is 0.835. The molecule has 1 saturated heterocycles. The molecule has 0 saturated carbocycles. The lowest BCUT2D eigenvalue weighted by molar-refractivity contribution is -0.121. The Kier molecular flexibility index (Phi) is 6.86. The van der Waals surface area contributed by atoms with Gasteiger partial charge in [0, 0.05) is 45.8 Å². The third-order valence-corrected chi connectivity index (χ3v) is 4.25. The monoisotopic (exact) mass is 319 g/mol. The van der Waals surface area contributed by atoms with Gasteiger partial charge in [0.15, 0.2) is 0 Å². The summed E-state index contributed by atoms with van der Waals surface area (Å²) < 4.78 is 5.46. The first-order chi connectivity index (χ1) is 11.1. The molecule has 1 aliphatic heterocycles. The fourth-order valence-corrected chi connectivity index (χ4v) is 2.87. The van der Waals surface area contributed by atoms with Gasteiger partial charge in [0.2, 0.25) is 5.91 Å². The van der Waals surface area contributed by atoms with E-state index in [0.29, 0.717) is 13.0 Å². The molecule has 5 heteroatoms. The van der Waals surface area contributed by atoms with Crippen molar-refractivity contribution >= 4 is 11.6 Å². The highest BCUT2D eigenvalue weighted by Crippen LogP contribution is 2.23. The molecule has 1 atom stereocenters. The maximum atomic E-state index is 11.8.